The second-order valence-electron chi connectivity index (χ2n) is 7.87. The standard InChI is InChI=1S/C27H23ClN2/c1-18-8-12-20(13-9-18)30(21-14-10-19(2)11-15-21)25-17-16-23(28)27-26(25)22-6-4-5-7-24(22)29(27)3/h4-17H,1-3H3. The van der Waals surface area contributed by atoms with Crippen LogP contribution in [0.25, 0.3) is 21.8 Å². The monoisotopic (exact) mass is 410 g/mol. The molecular formula is C27H23ClN2. The molecule has 5 aromatic rings. The van der Waals surface area contributed by atoms with E-state index in [0.717, 1.165) is 27.6 Å². The first-order chi connectivity index (χ1) is 14.5. The Hall–Kier alpha value is -3.23. The molecule has 0 fully saturated rings. The smallest absolute Gasteiger partial charge is 0.0699 e. The van der Waals surface area contributed by atoms with Crippen molar-refractivity contribution in [1.82, 2.24) is 4.57 Å². The van der Waals surface area contributed by atoms with E-state index in [1.807, 2.05) is 6.07 Å². The van der Waals surface area contributed by atoms with E-state index in [1.54, 1.807) is 0 Å². The Bertz CT molecular complexity index is 1320. The van der Waals surface area contributed by atoms with Crippen molar-refractivity contribution in [1.29, 1.82) is 0 Å². The fourth-order valence-electron chi connectivity index (χ4n) is 4.25. The van der Waals surface area contributed by atoms with Gasteiger partial charge in [0, 0.05) is 34.7 Å². The number of hydrogen-bond donors (Lipinski definition) is 0. The van der Waals surface area contributed by atoms with Crippen LogP contribution in [0.4, 0.5) is 17.1 Å². The van der Waals surface area contributed by atoms with E-state index in [0.29, 0.717) is 0 Å². The fraction of sp³-hybridized carbons (Fsp3) is 0.111. The lowest BCUT2D eigenvalue weighted by atomic mass is 10.1. The maximum Gasteiger partial charge on any atom is 0.0699 e. The second-order valence-corrected chi connectivity index (χ2v) is 8.28. The summed E-state index contributed by atoms with van der Waals surface area (Å²) >= 11 is 6.70. The maximum atomic E-state index is 6.70. The largest absolute Gasteiger partial charge is 0.342 e. The van der Waals surface area contributed by atoms with Crippen LogP contribution in [-0.4, -0.2) is 4.57 Å². The van der Waals surface area contributed by atoms with Gasteiger partial charge in [-0.15, -0.1) is 0 Å². The summed E-state index contributed by atoms with van der Waals surface area (Å²) in [6.07, 6.45) is 0. The van der Waals surface area contributed by atoms with Crippen molar-refractivity contribution in [2.45, 2.75) is 13.8 Å². The number of aromatic nitrogens is 1. The van der Waals surface area contributed by atoms with Gasteiger partial charge in [0.05, 0.1) is 16.2 Å². The molecule has 0 spiro atoms. The molecule has 0 saturated heterocycles. The molecule has 0 unspecified atom stereocenters. The highest BCUT2D eigenvalue weighted by Gasteiger charge is 2.20. The maximum absolute atomic E-state index is 6.70. The van der Waals surface area contributed by atoms with Gasteiger partial charge in [-0.1, -0.05) is 65.2 Å². The summed E-state index contributed by atoms with van der Waals surface area (Å²) in [7, 11) is 2.09. The first-order valence-corrected chi connectivity index (χ1v) is 10.5. The molecule has 0 amide bonds. The van der Waals surface area contributed by atoms with E-state index in [-0.39, 0.29) is 0 Å². The van der Waals surface area contributed by atoms with E-state index in [1.165, 1.54) is 27.4 Å². The summed E-state index contributed by atoms with van der Waals surface area (Å²) in [6, 6.07) is 30.0. The van der Waals surface area contributed by atoms with E-state index >= 15 is 0 Å². The van der Waals surface area contributed by atoms with Crippen molar-refractivity contribution in [3.8, 4) is 0 Å². The van der Waals surface area contributed by atoms with E-state index in [9.17, 15) is 0 Å². The van der Waals surface area contributed by atoms with Gasteiger partial charge < -0.3 is 9.47 Å². The third kappa shape index (κ3) is 2.96. The Morgan fingerprint density at radius 2 is 1.27 bits per heavy atom. The Morgan fingerprint density at radius 3 is 1.87 bits per heavy atom. The SMILES string of the molecule is Cc1ccc(N(c2ccc(C)cc2)c2ccc(Cl)c3c2c2ccccc2n3C)cc1. The van der Waals surface area contributed by atoms with E-state index in [2.05, 4.69) is 109 Å². The zero-order chi connectivity index (χ0) is 20.8. The molecule has 30 heavy (non-hydrogen) atoms. The number of fused-ring (bicyclic) bond motifs is 3. The summed E-state index contributed by atoms with van der Waals surface area (Å²) < 4.78 is 2.19. The molecular weight excluding hydrogens is 388 g/mol. The molecule has 0 bridgehead atoms. The quantitative estimate of drug-likeness (QED) is 0.292. The van der Waals surface area contributed by atoms with Crippen molar-refractivity contribution in [2.24, 2.45) is 7.05 Å². The number of benzene rings is 4. The van der Waals surface area contributed by atoms with Gasteiger partial charge in [0.25, 0.3) is 0 Å². The Labute approximate surface area is 181 Å². The molecule has 148 valence electrons. The molecule has 0 aliphatic rings. The third-order valence-corrected chi connectivity index (χ3v) is 6.11. The highest BCUT2D eigenvalue weighted by molar-refractivity contribution is 6.37. The van der Waals surface area contributed by atoms with Gasteiger partial charge in [-0.3, -0.25) is 0 Å². The highest BCUT2D eigenvalue weighted by atomic mass is 35.5. The molecule has 0 atom stereocenters. The number of aryl methyl sites for hydroxylation is 3. The van der Waals surface area contributed by atoms with Crippen molar-refractivity contribution in [3.05, 3.63) is 101 Å². The average Bonchev–Trinajstić information content (AvgIpc) is 3.06. The van der Waals surface area contributed by atoms with Crippen LogP contribution >= 0.6 is 11.6 Å². The topological polar surface area (TPSA) is 8.17 Å². The van der Waals surface area contributed by atoms with Crippen LogP contribution in [0, 0.1) is 13.8 Å². The first-order valence-electron chi connectivity index (χ1n) is 10.1. The summed E-state index contributed by atoms with van der Waals surface area (Å²) in [4.78, 5) is 2.32. The zero-order valence-corrected chi connectivity index (χ0v) is 18.1. The first kappa shape index (κ1) is 18.8. The molecule has 1 heterocycles. The Kier molecular flexibility index (Phi) is 4.52. The summed E-state index contributed by atoms with van der Waals surface area (Å²) in [5, 5.41) is 3.14. The van der Waals surface area contributed by atoms with Gasteiger partial charge in [-0.25, -0.2) is 0 Å². The average molecular weight is 411 g/mol. The predicted octanol–water partition coefficient (Wildman–Crippen LogP) is 8.07. The van der Waals surface area contributed by atoms with Crippen molar-refractivity contribution in [3.63, 3.8) is 0 Å². The number of rotatable bonds is 3. The Morgan fingerprint density at radius 1 is 0.700 bits per heavy atom. The van der Waals surface area contributed by atoms with Crippen LogP contribution in [0.15, 0.2) is 84.9 Å². The van der Waals surface area contributed by atoms with Gasteiger partial charge in [-0.2, -0.15) is 0 Å². The minimum atomic E-state index is 0.764. The van der Waals surface area contributed by atoms with Crippen LogP contribution in [0.2, 0.25) is 5.02 Å². The molecule has 0 aliphatic heterocycles. The molecule has 1 aromatic heterocycles. The number of para-hydroxylation sites is 1. The van der Waals surface area contributed by atoms with Crippen LogP contribution in [-0.2, 0) is 7.05 Å². The molecule has 0 aliphatic carbocycles. The minimum absolute atomic E-state index is 0.764. The van der Waals surface area contributed by atoms with Gasteiger partial charge in [-0.05, 0) is 56.3 Å². The summed E-state index contributed by atoms with van der Waals surface area (Å²) in [6.45, 7) is 4.23. The van der Waals surface area contributed by atoms with E-state index in [4.69, 9.17) is 11.6 Å². The molecule has 0 radical (unpaired) electrons. The number of nitrogens with zero attached hydrogens (tertiary/aromatic N) is 2. The highest BCUT2D eigenvalue weighted by Crippen LogP contribution is 2.44. The molecule has 5 rings (SSSR count). The fourth-order valence-corrected chi connectivity index (χ4v) is 4.53. The van der Waals surface area contributed by atoms with Crippen molar-refractivity contribution in [2.75, 3.05) is 4.90 Å². The summed E-state index contributed by atoms with van der Waals surface area (Å²) in [5.74, 6) is 0. The number of hydrogen-bond acceptors (Lipinski definition) is 1. The molecule has 2 nitrogen and oxygen atoms in total. The lowest BCUT2D eigenvalue weighted by molar-refractivity contribution is 1.01. The minimum Gasteiger partial charge on any atom is -0.342 e. The summed E-state index contributed by atoms with van der Waals surface area (Å²) in [5.41, 5.74) is 8.10. The van der Waals surface area contributed by atoms with Crippen LogP contribution in [0.3, 0.4) is 0 Å². The predicted molar refractivity (Wildman–Crippen MR) is 130 cm³/mol. The van der Waals surface area contributed by atoms with Crippen molar-refractivity contribution < 1.29 is 0 Å². The molecule has 3 heteroatoms. The van der Waals surface area contributed by atoms with E-state index < -0.39 is 0 Å². The van der Waals surface area contributed by atoms with Crippen molar-refractivity contribution >= 4 is 50.5 Å². The number of anilines is 3. The van der Waals surface area contributed by atoms with Gasteiger partial charge >= 0.3 is 0 Å². The normalized spacial score (nSPS) is 11.3. The molecule has 0 N–H and O–H groups in total. The zero-order valence-electron chi connectivity index (χ0n) is 17.4. The number of halogens is 1. The van der Waals surface area contributed by atoms with Crippen LogP contribution in [0.5, 0.6) is 0 Å². The van der Waals surface area contributed by atoms with Gasteiger partial charge in [0.2, 0.25) is 0 Å². The molecule has 4 aromatic carbocycles. The van der Waals surface area contributed by atoms with Gasteiger partial charge in [0.1, 0.15) is 0 Å². The molecule has 0 saturated carbocycles. The lowest BCUT2D eigenvalue weighted by Gasteiger charge is -2.27. The van der Waals surface area contributed by atoms with Crippen LogP contribution in [0.1, 0.15) is 11.1 Å². The van der Waals surface area contributed by atoms with Gasteiger partial charge in [0.15, 0.2) is 0 Å². The van der Waals surface area contributed by atoms with Crippen LogP contribution < -0.4 is 4.90 Å². The lowest BCUT2D eigenvalue weighted by Crippen LogP contribution is -2.10. The third-order valence-electron chi connectivity index (χ3n) is 5.80. The second kappa shape index (κ2) is 7.23. The Balaban J connectivity index is 1.88.